The predicted octanol–water partition coefficient (Wildman–Crippen LogP) is 2.02. The summed E-state index contributed by atoms with van der Waals surface area (Å²) in [5.74, 6) is -0.0840. The van der Waals surface area contributed by atoms with Crippen molar-refractivity contribution in [3.63, 3.8) is 0 Å². The fourth-order valence-electron chi connectivity index (χ4n) is 2.91. The number of pyridine rings is 1. The molecule has 0 bridgehead atoms. The van der Waals surface area contributed by atoms with Crippen LogP contribution in [0.25, 0.3) is 16.9 Å². The lowest BCUT2D eigenvalue weighted by Gasteiger charge is -2.20. The van der Waals surface area contributed by atoms with Crippen LogP contribution in [0.3, 0.4) is 0 Å². The number of nitrogens with zero attached hydrogens (tertiary/aromatic N) is 2. The minimum absolute atomic E-state index is 0.00667. The number of hydrogen-bond acceptors (Lipinski definition) is 6. The lowest BCUT2D eigenvalue weighted by molar-refractivity contribution is -0.139. The molecule has 3 aromatic rings. The number of nitrogens with one attached hydrogen (secondary N) is 2. The first kappa shape index (κ1) is 22.4. The molecule has 0 radical (unpaired) electrons. The zero-order valence-electron chi connectivity index (χ0n) is 17.7. The molecule has 1 aromatic carbocycles. The molecule has 2 heterocycles. The number of hydrogen-bond donors (Lipinski definition) is 2. The van der Waals surface area contributed by atoms with Gasteiger partial charge in [0.2, 0.25) is 10.0 Å². The SMILES string of the molecule is COC(=O)Cc1ccc(-c2c[nH]n(-c3ccc(S(=O)(=O)NC(C)(C)C)cn3)c2=O)cc1. The van der Waals surface area contributed by atoms with Gasteiger partial charge in [-0.05, 0) is 44.0 Å². The molecular weight excluding hydrogens is 420 g/mol. The van der Waals surface area contributed by atoms with Crippen LogP contribution < -0.4 is 10.3 Å². The summed E-state index contributed by atoms with van der Waals surface area (Å²) >= 11 is 0. The van der Waals surface area contributed by atoms with Crippen molar-refractivity contribution < 1.29 is 17.9 Å². The highest BCUT2D eigenvalue weighted by Crippen LogP contribution is 2.18. The second kappa shape index (κ2) is 8.48. The lowest BCUT2D eigenvalue weighted by Crippen LogP contribution is -2.40. The van der Waals surface area contributed by atoms with E-state index in [0.717, 1.165) is 5.56 Å². The molecular formula is C21H24N4O5S. The largest absolute Gasteiger partial charge is 0.469 e. The fourth-order valence-corrected chi connectivity index (χ4v) is 4.28. The molecule has 31 heavy (non-hydrogen) atoms. The molecule has 0 aliphatic carbocycles. The molecule has 0 aliphatic heterocycles. The fraction of sp³-hybridized carbons (Fsp3) is 0.286. The Morgan fingerprint density at radius 3 is 2.39 bits per heavy atom. The molecule has 0 saturated carbocycles. The minimum atomic E-state index is -3.72. The molecule has 164 valence electrons. The van der Waals surface area contributed by atoms with Crippen LogP contribution in [-0.4, -0.2) is 41.8 Å². The molecule has 0 spiro atoms. The summed E-state index contributed by atoms with van der Waals surface area (Å²) in [6.45, 7) is 5.23. The van der Waals surface area contributed by atoms with E-state index in [9.17, 15) is 18.0 Å². The Morgan fingerprint density at radius 1 is 1.16 bits per heavy atom. The van der Waals surface area contributed by atoms with Crippen LogP contribution in [0, 0.1) is 0 Å². The van der Waals surface area contributed by atoms with Gasteiger partial charge in [0.15, 0.2) is 5.82 Å². The van der Waals surface area contributed by atoms with E-state index in [1.807, 2.05) is 0 Å². The maximum Gasteiger partial charge on any atom is 0.309 e. The van der Waals surface area contributed by atoms with Crippen LogP contribution >= 0.6 is 0 Å². The van der Waals surface area contributed by atoms with Crippen LogP contribution in [-0.2, 0) is 26.0 Å². The molecule has 0 aliphatic rings. The third kappa shape index (κ3) is 5.28. The average molecular weight is 445 g/mol. The van der Waals surface area contributed by atoms with Gasteiger partial charge in [-0.3, -0.25) is 14.7 Å². The summed E-state index contributed by atoms with van der Waals surface area (Å²) in [5.41, 5.74) is 0.889. The third-order valence-corrected chi connectivity index (χ3v) is 6.06. The van der Waals surface area contributed by atoms with Crippen molar-refractivity contribution in [3.05, 3.63) is 64.7 Å². The standard InChI is InChI=1S/C21H24N4O5S/c1-21(2,3)24-31(28,29)16-9-10-18(22-12-16)25-20(27)17(13-23-25)15-7-5-14(6-8-15)11-19(26)30-4/h5-10,12-13,23-24H,11H2,1-4H3. The molecule has 0 atom stereocenters. The number of H-pyrrole nitrogens is 1. The van der Waals surface area contributed by atoms with Gasteiger partial charge in [-0.15, -0.1) is 0 Å². The highest BCUT2D eigenvalue weighted by molar-refractivity contribution is 7.89. The Kier molecular flexibility index (Phi) is 6.14. The Balaban J connectivity index is 1.85. The monoisotopic (exact) mass is 444 g/mol. The highest BCUT2D eigenvalue weighted by Gasteiger charge is 2.22. The van der Waals surface area contributed by atoms with Gasteiger partial charge < -0.3 is 4.74 Å². The molecule has 0 unspecified atom stereocenters. The van der Waals surface area contributed by atoms with Crippen molar-refractivity contribution in [2.45, 2.75) is 37.6 Å². The van der Waals surface area contributed by atoms with E-state index >= 15 is 0 Å². The average Bonchev–Trinajstić information content (AvgIpc) is 3.08. The van der Waals surface area contributed by atoms with Crippen molar-refractivity contribution in [2.24, 2.45) is 0 Å². The maximum atomic E-state index is 12.8. The second-order valence-electron chi connectivity index (χ2n) is 7.99. The Morgan fingerprint density at radius 2 is 1.84 bits per heavy atom. The second-order valence-corrected chi connectivity index (χ2v) is 9.67. The first-order valence-electron chi connectivity index (χ1n) is 9.47. The van der Waals surface area contributed by atoms with Crippen molar-refractivity contribution in [1.29, 1.82) is 0 Å². The molecule has 0 amide bonds. The van der Waals surface area contributed by atoms with Gasteiger partial charge in [-0.2, -0.15) is 0 Å². The first-order chi connectivity index (χ1) is 14.5. The molecule has 0 saturated heterocycles. The number of aromatic nitrogens is 3. The van der Waals surface area contributed by atoms with Crippen LogP contribution in [0.15, 0.2) is 58.5 Å². The van der Waals surface area contributed by atoms with Gasteiger partial charge in [0.25, 0.3) is 5.56 Å². The Hall–Kier alpha value is -3.24. The number of rotatable bonds is 6. The van der Waals surface area contributed by atoms with Crippen molar-refractivity contribution in [1.82, 2.24) is 19.5 Å². The van der Waals surface area contributed by atoms with Crippen molar-refractivity contribution >= 4 is 16.0 Å². The zero-order valence-corrected chi connectivity index (χ0v) is 18.5. The zero-order chi connectivity index (χ0) is 22.8. The summed E-state index contributed by atoms with van der Waals surface area (Å²) in [4.78, 5) is 28.3. The normalized spacial score (nSPS) is 12.0. The number of methoxy groups -OCH3 is 1. The smallest absolute Gasteiger partial charge is 0.309 e. The molecule has 2 aromatic heterocycles. The van der Waals surface area contributed by atoms with Crippen molar-refractivity contribution in [2.75, 3.05) is 7.11 Å². The van der Waals surface area contributed by atoms with Crippen LogP contribution in [0.4, 0.5) is 0 Å². The highest BCUT2D eigenvalue weighted by atomic mass is 32.2. The first-order valence-corrected chi connectivity index (χ1v) is 11.0. The van der Waals surface area contributed by atoms with Gasteiger partial charge in [0.1, 0.15) is 4.90 Å². The topological polar surface area (TPSA) is 123 Å². The van der Waals surface area contributed by atoms with Crippen molar-refractivity contribution in [3.8, 4) is 16.9 Å². The van der Waals surface area contributed by atoms with E-state index in [4.69, 9.17) is 0 Å². The predicted molar refractivity (Wildman–Crippen MR) is 115 cm³/mol. The van der Waals surface area contributed by atoms with E-state index < -0.39 is 15.6 Å². The Bertz CT molecular complexity index is 1230. The minimum Gasteiger partial charge on any atom is -0.469 e. The number of carbonyl (C=O) groups excluding carboxylic acids is 1. The van der Waals surface area contributed by atoms with E-state index in [0.29, 0.717) is 11.1 Å². The van der Waals surface area contributed by atoms with Gasteiger partial charge in [0.05, 0.1) is 19.1 Å². The summed E-state index contributed by atoms with van der Waals surface area (Å²) in [5, 5.41) is 2.84. The number of carbonyl (C=O) groups is 1. The Labute approximate surface area is 180 Å². The van der Waals surface area contributed by atoms with Gasteiger partial charge in [-0.25, -0.2) is 22.8 Å². The quantitative estimate of drug-likeness (QED) is 0.561. The van der Waals surface area contributed by atoms with E-state index in [2.05, 4.69) is 19.5 Å². The number of ether oxygens (including phenoxy) is 1. The molecule has 10 heteroatoms. The number of aromatic amines is 1. The number of sulfonamides is 1. The van der Waals surface area contributed by atoms with Gasteiger partial charge in [0, 0.05) is 17.9 Å². The van der Waals surface area contributed by atoms with Gasteiger partial charge >= 0.3 is 5.97 Å². The van der Waals surface area contributed by atoms with Crippen LogP contribution in [0.5, 0.6) is 0 Å². The number of esters is 1. The lowest BCUT2D eigenvalue weighted by atomic mass is 10.1. The van der Waals surface area contributed by atoms with Crippen LogP contribution in [0.2, 0.25) is 0 Å². The molecule has 2 N–H and O–H groups in total. The van der Waals surface area contributed by atoms with E-state index in [1.165, 1.54) is 30.1 Å². The summed E-state index contributed by atoms with van der Waals surface area (Å²) in [6, 6.07) is 9.85. The summed E-state index contributed by atoms with van der Waals surface area (Å²) in [7, 11) is -2.39. The summed E-state index contributed by atoms with van der Waals surface area (Å²) in [6.07, 6.45) is 2.90. The van der Waals surface area contributed by atoms with E-state index in [1.54, 1.807) is 51.2 Å². The molecule has 0 fully saturated rings. The van der Waals surface area contributed by atoms with Gasteiger partial charge in [-0.1, -0.05) is 24.3 Å². The molecule has 9 nitrogen and oxygen atoms in total. The van der Waals surface area contributed by atoms with Crippen LogP contribution in [0.1, 0.15) is 26.3 Å². The number of benzene rings is 1. The third-order valence-electron chi connectivity index (χ3n) is 4.31. The van der Waals surface area contributed by atoms with E-state index in [-0.39, 0.29) is 28.7 Å². The summed E-state index contributed by atoms with van der Waals surface area (Å²) < 4.78 is 33.2. The maximum absolute atomic E-state index is 12.8. The molecule has 3 rings (SSSR count).